The second kappa shape index (κ2) is 4.14. The van der Waals surface area contributed by atoms with Gasteiger partial charge in [-0.05, 0) is 17.5 Å². The summed E-state index contributed by atoms with van der Waals surface area (Å²) >= 11 is 0. The molecule has 0 bridgehead atoms. The standard InChI is InChI=1S/C12H12N4.ClH/c1-16-5-4-8-2-3-9(6-11(8)16)10-7-12(13)15-14-10;/h2-7H,1H3,(H3,13,14,15);1H. The Kier molecular flexibility index (Phi) is 2.81. The van der Waals surface area contributed by atoms with Crippen LogP contribution in [0.15, 0.2) is 36.5 Å². The van der Waals surface area contributed by atoms with Crippen LogP contribution in [-0.2, 0) is 7.05 Å². The van der Waals surface area contributed by atoms with E-state index >= 15 is 0 Å². The lowest BCUT2D eigenvalue weighted by Crippen LogP contribution is -1.85. The van der Waals surface area contributed by atoms with Gasteiger partial charge in [0.1, 0.15) is 5.82 Å². The van der Waals surface area contributed by atoms with E-state index in [4.69, 9.17) is 5.73 Å². The zero-order valence-corrected chi connectivity index (χ0v) is 10.2. The van der Waals surface area contributed by atoms with Gasteiger partial charge in [0.15, 0.2) is 0 Å². The van der Waals surface area contributed by atoms with Crippen LogP contribution in [0.1, 0.15) is 0 Å². The highest BCUT2D eigenvalue weighted by Crippen LogP contribution is 2.24. The van der Waals surface area contributed by atoms with Gasteiger partial charge < -0.3 is 10.3 Å². The Morgan fingerprint density at radius 2 is 2.06 bits per heavy atom. The second-order valence-corrected chi connectivity index (χ2v) is 3.91. The van der Waals surface area contributed by atoms with E-state index in [9.17, 15) is 0 Å². The molecule has 0 saturated heterocycles. The number of aromatic amines is 1. The fourth-order valence-corrected chi connectivity index (χ4v) is 1.92. The minimum absolute atomic E-state index is 0. The second-order valence-electron chi connectivity index (χ2n) is 3.91. The van der Waals surface area contributed by atoms with Crippen molar-refractivity contribution in [2.24, 2.45) is 7.05 Å². The molecule has 0 saturated carbocycles. The van der Waals surface area contributed by atoms with Crippen molar-refractivity contribution in [2.75, 3.05) is 5.73 Å². The van der Waals surface area contributed by atoms with Crippen LogP contribution in [0.5, 0.6) is 0 Å². The average Bonchev–Trinajstić information content (AvgIpc) is 2.86. The van der Waals surface area contributed by atoms with Gasteiger partial charge in [0.2, 0.25) is 0 Å². The summed E-state index contributed by atoms with van der Waals surface area (Å²) in [6.07, 6.45) is 2.05. The van der Waals surface area contributed by atoms with Gasteiger partial charge in [-0.25, -0.2) is 0 Å². The predicted molar refractivity (Wildman–Crippen MR) is 72.2 cm³/mol. The summed E-state index contributed by atoms with van der Waals surface area (Å²) in [6.45, 7) is 0. The number of aryl methyl sites for hydroxylation is 1. The Morgan fingerprint density at radius 1 is 1.24 bits per heavy atom. The number of nitrogens with one attached hydrogen (secondary N) is 1. The Morgan fingerprint density at radius 3 is 2.76 bits per heavy atom. The Labute approximate surface area is 105 Å². The minimum atomic E-state index is 0. The first-order valence-corrected chi connectivity index (χ1v) is 5.10. The predicted octanol–water partition coefficient (Wildman–Crippen LogP) is 2.57. The van der Waals surface area contributed by atoms with Crippen molar-refractivity contribution in [2.45, 2.75) is 0 Å². The van der Waals surface area contributed by atoms with E-state index in [0.717, 1.165) is 11.3 Å². The number of nitrogens with two attached hydrogens (primary N) is 1. The number of fused-ring (bicyclic) bond motifs is 1. The number of hydrogen-bond acceptors (Lipinski definition) is 2. The fourth-order valence-electron chi connectivity index (χ4n) is 1.92. The average molecular weight is 249 g/mol. The molecular formula is C12H13ClN4. The van der Waals surface area contributed by atoms with E-state index in [1.807, 2.05) is 13.1 Å². The first-order valence-electron chi connectivity index (χ1n) is 5.10. The molecule has 3 aromatic rings. The van der Waals surface area contributed by atoms with E-state index < -0.39 is 0 Å². The highest BCUT2D eigenvalue weighted by atomic mass is 35.5. The van der Waals surface area contributed by atoms with Crippen molar-refractivity contribution in [1.29, 1.82) is 0 Å². The van der Waals surface area contributed by atoms with E-state index in [-0.39, 0.29) is 12.4 Å². The van der Waals surface area contributed by atoms with Gasteiger partial charge in [-0.2, -0.15) is 5.10 Å². The summed E-state index contributed by atoms with van der Waals surface area (Å²) in [5.41, 5.74) is 8.83. The third kappa shape index (κ3) is 1.87. The number of aromatic nitrogens is 3. The molecule has 0 spiro atoms. The molecule has 3 N–H and O–H groups in total. The molecule has 0 radical (unpaired) electrons. The third-order valence-electron chi connectivity index (χ3n) is 2.80. The molecule has 0 aliphatic rings. The quantitative estimate of drug-likeness (QED) is 0.695. The number of nitrogens with zero attached hydrogens (tertiary/aromatic N) is 2. The van der Waals surface area contributed by atoms with Crippen LogP contribution in [0.3, 0.4) is 0 Å². The van der Waals surface area contributed by atoms with Crippen molar-refractivity contribution in [3.63, 3.8) is 0 Å². The number of nitrogen functional groups attached to an aromatic ring is 1. The van der Waals surface area contributed by atoms with Crippen molar-refractivity contribution >= 4 is 29.1 Å². The monoisotopic (exact) mass is 248 g/mol. The fraction of sp³-hybridized carbons (Fsp3) is 0.0833. The van der Waals surface area contributed by atoms with Gasteiger partial charge in [0.05, 0.1) is 5.69 Å². The summed E-state index contributed by atoms with van der Waals surface area (Å²) in [7, 11) is 2.04. The number of halogens is 1. The zero-order chi connectivity index (χ0) is 11.1. The lowest BCUT2D eigenvalue weighted by atomic mass is 10.1. The molecule has 4 nitrogen and oxygen atoms in total. The number of anilines is 1. The molecule has 0 aliphatic carbocycles. The summed E-state index contributed by atoms with van der Waals surface area (Å²) in [6, 6.07) is 10.2. The SMILES string of the molecule is Cl.Cn1ccc2ccc(-c3cc(N)n[nH]3)cc21. The van der Waals surface area contributed by atoms with Gasteiger partial charge in [-0.15, -0.1) is 12.4 Å². The summed E-state index contributed by atoms with van der Waals surface area (Å²) in [5.74, 6) is 0.516. The van der Waals surface area contributed by atoms with Gasteiger partial charge in [-0.1, -0.05) is 12.1 Å². The molecule has 1 aromatic carbocycles. The van der Waals surface area contributed by atoms with Crippen molar-refractivity contribution < 1.29 is 0 Å². The van der Waals surface area contributed by atoms with Gasteiger partial charge in [0.25, 0.3) is 0 Å². The van der Waals surface area contributed by atoms with Crippen LogP contribution in [-0.4, -0.2) is 14.8 Å². The maximum Gasteiger partial charge on any atom is 0.145 e. The molecule has 2 heterocycles. The number of hydrogen-bond donors (Lipinski definition) is 2. The largest absolute Gasteiger partial charge is 0.382 e. The van der Waals surface area contributed by atoms with E-state index in [2.05, 4.69) is 45.2 Å². The highest BCUT2D eigenvalue weighted by Gasteiger charge is 2.04. The molecule has 0 aliphatic heterocycles. The maximum absolute atomic E-state index is 5.59. The topological polar surface area (TPSA) is 59.6 Å². The minimum Gasteiger partial charge on any atom is -0.382 e. The van der Waals surface area contributed by atoms with E-state index in [1.165, 1.54) is 10.9 Å². The third-order valence-corrected chi connectivity index (χ3v) is 2.80. The first kappa shape index (κ1) is 11.5. The van der Waals surface area contributed by atoms with Crippen LogP contribution in [0.4, 0.5) is 5.82 Å². The molecule has 17 heavy (non-hydrogen) atoms. The zero-order valence-electron chi connectivity index (χ0n) is 9.34. The van der Waals surface area contributed by atoms with Crippen LogP contribution in [0, 0.1) is 0 Å². The normalized spacial score (nSPS) is 10.4. The van der Waals surface area contributed by atoms with E-state index in [0.29, 0.717) is 5.82 Å². The molecule has 0 atom stereocenters. The molecular weight excluding hydrogens is 236 g/mol. The van der Waals surface area contributed by atoms with Crippen molar-refractivity contribution in [1.82, 2.24) is 14.8 Å². The molecule has 88 valence electrons. The van der Waals surface area contributed by atoms with Gasteiger partial charge >= 0.3 is 0 Å². The first-order chi connectivity index (χ1) is 7.74. The Bertz CT molecular complexity index is 653. The molecule has 5 heteroatoms. The van der Waals surface area contributed by atoms with E-state index in [1.54, 1.807) is 0 Å². The lowest BCUT2D eigenvalue weighted by molar-refractivity contribution is 0.969. The number of benzene rings is 1. The lowest BCUT2D eigenvalue weighted by Gasteiger charge is -2.00. The smallest absolute Gasteiger partial charge is 0.145 e. The molecule has 2 aromatic heterocycles. The van der Waals surface area contributed by atoms with Crippen molar-refractivity contribution in [3.8, 4) is 11.3 Å². The highest BCUT2D eigenvalue weighted by molar-refractivity contribution is 5.85. The molecule has 0 fully saturated rings. The summed E-state index contributed by atoms with van der Waals surface area (Å²) in [5, 5.41) is 8.08. The van der Waals surface area contributed by atoms with Gasteiger partial charge in [0, 0.05) is 30.4 Å². The van der Waals surface area contributed by atoms with Crippen LogP contribution < -0.4 is 5.73 Å². The van der Waals surface area contributed by atoms with Crippen molar-refractivity contribution in [3.05, 3.63) is 36.5 Å². The molecule has 0 amide bonds. The Balaban J connectivity index is 0.00000108. The molecule has 3 rings (SSSR count). The Hall–Kier alpha value is -1.94. The summed E-state index contributed by atoms with van der Waals surface area (Å²) < 4.78 is 2.10. The maximum atomic E-state index is 5.59. The number of H-pyrrole nitrogens is 1. The van der Waals surface area contributed by atoms with Crippen LogP contribution >= 0.6 is 12.4 Å². The van der Waals surface area contributed by atoms with Crippen LogP contribution in [0.2, 0.25) is 0 Å². The van der Waals surface area contributed by atoms with Gasteiger partial charge in [-0.3, -0.25) is 5.10 Å². The molecule has 0 unspecified atom stereocenters. The number of rotatable bonds is 1. The van der Waals surface area contributed by atoms with Crippen LogP contribution in [0.25, 0.3) is 22.2 Å². The summed E-state index contributed by atoms with van der Waals surface area (Å²) in [4.78, 5) is 0.